The Bertz CT molecular complexity index is 603. The van der Waals surface area contributed by atoms with E-state index in [0.29, 0.717) is 5.02 Å². The van der Waals surface area contributed by atoms with Gasteiger partial charge in [-0.25, -0.2) is 0 Å². The quantitative estimate of drug-likeness (QED) is 0.699. The van der Waals surface area contributed by atoms with E-state index in [2.05, 4.69) is 6.92 Å². The molecule has 0 atom stereocenters. The summed E-state index contributed by atoms with van der Waals surface area (Å²) in [4.78, 5) is 11.6. The van der Waals surface area contributed by atoms with Crippen LogP contribution in [0.2, 0.25) is 5.02 Å². The summed E-state index contributed by atoms with van der Waals surface area (Å²) in [5.74, 6) is 1.56. The van der Waals surface area contributed by atoms with Crippen LogP contribution in [-0.2, 0) is 6.42 Å². The topological polar surface area (TPSA) is 26.3 Å². The largest absolute Gasteiger partial charge is 0.457 e. The number of benzene rings is 2. The fourth-order valence-electron chi connectivity index (χ4n) is 2.09. The summed E-state index contributed by atoms with van der Waals surface area (Å²) in [6, 6.07) is 12.8. The molecule has 0 fully saturated rings. The van der Waals surface area contributed by atoms with Crippen molar-refractivity contribution in [2.45, 2.75) is 26.7 Å². The van der Waals surface area contributed by atoms with Crippen LogP contribution in [0.25, 0.3) is 0 Å². The molecule has 0 saturated heterocycles. The monoisotopic (exact) mass is 288 g/mol. The van der Waals surface area contributed by atoms with Crippen molar-refractivity contribution < 1.29 is 9.53 Å². The molecule has 104 valence electrons. The van der Waals surface area contributed by atoms with Gasteiger partial charge in [0.15, 0.2) is 5.78 Å². The lowest BCUT2D eigenvalue weighted by Gasteiger charge is -2.10. The van der Waals surface area contributed by atoms with Crippen LogP contribution >= 0.6 is 11.6 Å². The van der Waals surface area contributed by atoms with Crippen molar-refractivity contribution >= 4 is 17.4 Å². The second-order valence-electron chi connectivity index (χ2n) is 4.68. The first-order chi connectivity index (χ1) is 9.60. The first-order valence-electron chi connectivity index (χ1n) is 6.67. The summed E-state index contributed by atoms with van der Waals surface area (Å²) in [6.45, 7) is 3.69. The number of ketones is 1. The van der Waals surface area contributed by atoms with Crippen LogP contribution in [0.15, 0.2) is 42.5 Å². The van der Waals surface area contributed by atoms with Gasteiger partial charge in [-0.1, -0.05) is 24.9 Å². The zero-order valence-electron chi connectivity index (χ0n) is 11.7. The predicted molar refractivity (Wildman–Crippen MR) is 82.0 cm³/mol. The highest BCUT2D eigenvalue weighted by molar-refractivity contribution is 6.30. The molecule has 0 heterocycles. The summed E-state index contributed by atoms with van der Waals surface area (Å²) in [6.07, 6.45) is 1.86. The number of halogens is 1. The van der Waals surface area contributed by atoms with Gasteiger partial charge in [0.1, 0.15) is 11.5 Å². The summed E-state index contributed by atoms with van der Waals surface area (Å²) < 4.78 is 5.79. The Kier molecular flexibility index (Phi) is 4.80. The number of hydrogen-bond donors (Lipinski definition) is 0. The van der Waals surface area contributed by atoms with E-state index in [1.165, 1.54) is 0 Å². The Morgan fingerprint density at radius 1 is 1.10 bits per heavy atom. The zero-order valence-corrected chi connectivity index (χ0v) is 12.4. The third-order valence-electron chi connectivity index (χ3n) is 3.02. The average molecular weight is 289 g/mol. The highest BCUT2D eigenvalue weighted by Gasteiger charge is 2.08. The van der Waals surface area contributed by atoms with Crippen LogP contribution in [0, 0.1) is 0 Å². The number of Topliss-reactive ketones (excluding diaryl/α,β-unsaturated/α-hetero) is 1. The minimum atomic E-state index is 0.0893. The highest BCUT2D eigenvalue weighted by atomic mass is 35.5. The van der Waals surface area contributed by atoms with Crippen LogP contribution in [0.5, 0.6) is 11.5 Å². The lowest BCUT2D eigenvalue weighted by molar-refractivity contribution is 0.101. The highest BCUT2D eigenvalue weighted by Crippen LogP contribution is 2.26. The van der Waals surface area contributed by atoms with Crippen LogP contribution < -0.4 is 4.74 Å². The van der Waals surface area contributed by atoms with Crippen molar-refractivity contribution in [3.05, 3.63) is 58.6 Å². The molecule has 2 aromatic carbocycles. The van der Waals surface area contributed by atoms with Gasteiger partial charge in [-0.2, -0.15) is 0 Å². The Morgan fingerprint density at radius 3 is 2.35 bits per heavy atom. The van der Waals surface area contributed by atoms with Gasteiger partial charge in [-0.05, 0) is 61.4 Å². The molecule has 0 aliphatic heterocycles. The van der Waals surface area contributed by atoms with Crippen molar-refractivity contribution in [2.75, 3.05) is 0 Å². The maximum absolute atomic E-state index is 11.6. The van der Waals surface area contributed by atoms with Gasteiger partial charge in [-0.3, -0.25) is 4.79 Å². The number of aryl methyl sites for hydroxylation is 1. The van der Waals surface area contributed by atoms with Crippen molar-refractivity contribution in [3.8, 4) is 11.5 Å². The molecule has 0 unspecified atom stereocenters. The van der Waals surface area contributed by atoms with Gasteiger partial charge in [0.25, 0.3) is 0 Å². The second kappa shape index (κ2) is 6.58. The minimum absolute atomic E-state index is 0.0893. The SMILES string of the molecule is CCCc1cc(Oc2ccc(Cl)cc2)ccc1C(C)=O. The summed E-state index contributed by atoms with van der Waals surface area (Å²) in [7, 11) is 0. The van der Waals surface area contributed by atoms with Gasteiger partial charge in [0.05, 0.1) is 0 Å². The second-order valence-corrected chi connectivity index (χ2v) is 5.12. The van der Waals surface area contributed by atoms with Crippen LogP contribution in [0.4, 0.5) is 0 Å². The van der Waals surface area contributed by atoms with E-state index in [-0.39, 0.29) is 5.78 Å². The van der Waals surface area contributed by atoms with E-state index >= 15 is 0 Å². The normalized spacial score (nSPS) is 10.3. The molecular formula is C17H17ClO2. The molecule has 0 aliphatic carbocycles. The minimum Gasteiger partial charge on any atom is -0.457 e. The van der Waals surface area contributed by atoms with E-state index in [1.54, 1.807) is 19.1 Å². The third-order valence-corrected chi connectivity index (χ3v) is 3.28. The first-order valence-corrected chi connectivity index (χ1v) is 7.05. The van der Waals surface area contributed by atoms with Gasteiger partial charge < -0.3 is 4.74 Å². The molecular weight excluding hydrogens is 272 g/mol. The standard InChI is InChI=1S/C17H17ClO2/c1-3-4-13-11-16(9-10-17(13)12(2)19)20-15-7-5-14(18)6-8-15/h5-11H,3-4H2,1-2H3. The Labute approximate surface area is 124 Å². The average Bonchev–Trinajstić information content (AvgIpc) is 2.42. The molecule has 0 amide bonds. The van der Waals surface area contributed by atoms with E-state index in [1.807, 2.05) is 30.3 Å². The molecule has 2 rings (SSSR count). The summed E-state index contributed by atoms with van der Waals surface area (Å²) in [5.41, 5.74) is 1.81. The van der Waals surface area contributed by atoms with Crippen molar-refractivity contribution in [1.82, 2.24) is 0 Å². The van der Waals surface area contributed by atoms with Crippen LogP contribution in [0.3, 0.4) is 0 Å². The van der Waals surface area contributed by atoms with Crippen LogP contribution in [0.1, 0.15) is 36.2 Å². The van der Waals surface area contributed by atoms with E-state index in [0.717, 1.165) is 35.5 Å². The van der Waals surface area contributed by atoms with E-state index in [9.17, 15) is 4.79 Å². The lowest BCUT2D eigenvalue weighted by Crippen LogP contribution is -2.00. The number of hydrogen-bond acceptors (Lipinski definition) is 2. The van der Waals surface area contributed by atoms with Gasteiger partial charge in [-0.15, -0.1) is 0 Å². The molecule has 2 nitrogen and oxygen atoms in total. The molecule has 0 radical (unpaired) electrons. The van der Waals surface area contributed by atoms with Crippen molar-refractivity contribution in [3.63, 3.8) is 0 Å². The number of ether oxygens (including phenoxy) is 1. The Morgan fingerprint density at radius 2 is 1.75 bits per heavy atom. The Hall–Kier alpha value is -1.80. The summed E-state index contributed by atoms with van der Waals surface area (Å²) >= 11 is 5.84. The van der Waals surface area contributed by atoms with Gasteiger partial charge in [0, 0.05) is 10.6 Å². The molecule has 20 heavy (non-hydrogen) atoms. The van der Waals surface area contributed by atoms with Gasteiger partial charge >= 0.3 is 0 Å². The first kappa shape index (κ1) is 14.6. The Balaban J connectivity index is 2.26. The molecule has 0 N–H and O–H groups in total. The lowest BCUT2D eigenvalue weighted by atomic mass is 10.0. The molecule has 2 aromatic rings. The van der Waals surface area contributed by atoms with E-state index < -0.39 is 0 Å². The fraction of sp³-hybridized carbons (Fsp3) is 0.235. The number of rotatable bonds is 5. The number of carbonyl (C=O) groups is 1. The summed E-state index contributed by atoms with van der Waals surface area (Å²) in [5, 5.41) is 0.677. The van der Waals surface area contributed by atoms with Gasteiger partial charge in [0.2, 0.25) is 0 Å². The molecule has 0 aliphatic rings. The van der Waals surface area contributed by atoms with Crippen molar-refractivity contribution in [2.24, 2.45) is 0 Å². The molecule has 3 heteroatoms. The molecule has 0 saturated carbocycles. The predicted octanol–water partition coefficient (Wildman–Crippen LogP) is 5.29. The molecule has 0 bridgehead atoms. The maximum atomic E-state index is 11.6. The number of carbonyl (C=O) groups excluding carboxylic acids is 1. The smallest absolute Gasteiger partial charge is 0.160 e. The molecule has 0 aromatic heterocycles. The van der Waals surface area contributed by atoms with E-state index in [4.69, 9.17) is 16.3 Å². The van der Waals surface area contributed by atoms with Crippen molar-refractivity contribution in [1.29, 1.82) is 0 Å². The zero-order chi connectivity index (χ0) is 14.5. The molecule has 0 spiro atoms. The maximum Gasteiger partial charge on any atom is 0.160 e. The third kappa shape index (κ3) is 3.61. The van der Waals surface area contributed by atoms with Crippen LogP contribution in [-0.4, -0.2) is 5.78 Å². The fourth-order valence-corrected chi connectivity index (χ4v) is 2.22.